The van der Waals surface area contributed by atoms with E-state index >= 15 is 0 Å². The first kappa shape index (κ1) is 15.0. The summed E-state index contributed by atoms with van der Waals surface area (Å²) in [5.41, 5.74) is 5.42. The Labute approximate surface area is 135 Å². The number of aryl methyl sites for hydroxylation is 2. The first-order valence-corrected chi connectivity index (χ1v) is 7.46. The Bertz CT molecular complexity index is 799. The van der Waals surface area contributed by atoms with Gasteiger partial charge in [-0.2, -0.15) is 5.10 Å². The SMILES string of the molecule is Cc1cc(-c2[nH]ncc2C=O)cc(C)c1OCc1ccccc1. The van der Waals surface area contributed by atoms with Gasteiger partial charge in [0.15, 0.2) is 6.29 Å². The zero-order valence-corrected chi connectivity index (χ0v) is 13.2. The smallest absolute Gasteiger partial charge is 0.153 e. The van der Waals surface area contributed by atoms with Crippen molar-refractivity contribution in [3.63, 3.8) is 0 Å². The molecule has 0 spiro atoms. The molecule has 2 aromatic carbocycles. The third kappa shape index (κ3) is 3.16. The number of H-pyrrole nitrogens is 1. The van der Waals surface area contributed by atoms with Gasteiger partial charge in [0.2, 0.25) is 0 Å². The maximum atomic E-state index is 11.1. The summed E-state index contributed by atoms with van der Waals surface area (Å²) in [4.78, 5) is 11.1. The van der Waals surface area contributed by atoms with Crippen molar-refractivity contribution in [3.8, 4) is 17.0 Å². The second kappa shape index (κ2) is 6.48. The van der Waals surface area contributed by atoms with Crippen molar-refractivity contribution >= 4 is 6.29 Å². The highest BCUT2D eigenvalue weighted by atomic mass is 16.5. The summed E-state index contributed by atoms with van der Waals surface area (Å²) in [6.07, 6.45) is 2.34. The van der Waals surface area contributed by atoms with Gasteiger partial charge < -0.3 is 4.74 Å². The van der Waals surface area contributed by atoms with Crippen LogP contribution in [0.25, 0.3) is 11.3 Å². The fourth-order valence-electron chi connectivity index (χ4n) is 2.67. The largest absolute Gasteiger partial charge is 0.488 e. The van der Waals surface area contributed by atoms with Gasteiger partial charge in [-0.25, -0.2) is 0 Å². The van der Waals surface area contributed by atoms with Gasteiger partial charge in [-0.15, -0.1) is 0 Å². The molecule has 0 aliphatic carbocycles. The number of nitrogens with one attached hydrogen (secondary N) is 1. The van der Waals surface area contributed by atoms with Crippen LogP contribution in [-0.2, 0) is 6.61 Å². The van der Waals surface area contributed by atoms with E-state index < -0.39 is 0 Å². The number of carbonyl (C=O) groups excluding carboxylic acids is 1. The average molecular weight is 306 g/mol. The number of aromatic amines is 1. The number of benzene rings is 2. The highest BCUT2D eigenvalue weighted by molar-refractivity contribution is 5.85. The van der Waals surface area contributed by atoms with E-state index in [0.29, 0.717) is 12.2 Å². The summed E-state index contributed by atoms with van der Waals surface area (Å²) in [6, 6.07) is 14.1. The van der Waals surface area contributed by atoms with E-state index in [9.17, 15) is 4.79 Å². The van der Waals surface area contributed by atoms with Gasteiger partial charge in [0.1, 0.15) is 12.4 Å². The summed E-state index contributed by atoms with van der Waals surface area (Å²) >= 11 is 0. The summed E-state index contributed by atoms with van der Waals surface area (Å²) in [7, 11) is 0. The molecule has 0 amide bonds. The van der Waals surface area contributed by atoms with Crippen LogP contribution in [0.5, 0.6) is 5.75 Å². The Balaban J connectivity index is 1.87. The number of hydrogen-bond acceptors (Lipinski definition) is 3. The molecule has 23 heavy (non-hydrogen) atoms. The Morgan fingerprint density at radius 1 is 1.13 bits per heavy atom. The molecule has 0 radical (unpaired) electrons. The van der Waals surface area contributed by atoms with E-state index in [1.54, 1.807) is 0 Å². The second-order valence-corrected chi connectivity index (χ2v) is 5.53. The molecular formula is C19H18N2O2. The van der Waals surface area contributed by atoms with Crippen LogP contribution < -0.4 is 4.74 Å². The predicted molar refractivity (Wildman–Crippen MR) is 89.7 cm³/mol. The summed E-state index contributed by atoms with van der Waals surface area (Å²) < 4.78 is 5.99. The molecule has 116 valence electrons. The normalized spacial score (nSPS) is 10.5. The van der Waals surface area contributed by atoms with Crippen LogP contribution in [0.2, 0.25) is 0 Å². The molecule has 1 heterocycles. The standard InChI is InChI=1S/C19H18N2O2/c1-13-8-16(18-17(11-22)10-20-21-18)9-14(2)19(13)23-12-15-6-4-3-5-7-15/h3-11H,12H2,1-2H3,(H,20,21). The van der Waals surface area contributed by atoms with E-state index in [0.717, 1.165) is 40.0 Å². The lowest BCUT2D eigenvalue weighted by Crippen LogP contribution is -1.99. The Kier molecular flexibility index (Phi) is 4.24. The number of ether oxygens (including phenoxy) is 1. The fraction of sp³-hybridized carbons (Fsp3) is 0.158. The molecule has 0 aliphatic rings. The van der Waals surface area contributed by atoms with Gasteiger partial charge >= 0.3 is 0 Å². The van der Waals surface area contributed by atoms with Crippen LogP contribution >= 0.6 is 0 Å². The molecule has 3 rings (SSSR count). The first-order chi connectivity index (χ1) is 11.2. The van der Waals surface area contributed by atoms with Gasteiger partial charge in [0.05, 0.1) is 17.5 Å². The van der Waals surface area contributed by atoms with Crippen molar-refractivity contribution in [1.82, 2.24) is 10.2 Å². The minimum Gasteiger partial charge on any atom is -0.488 e. The van der Waals surface area contributed by atoms with E-state index in [1.807, 2.05) is 56.3 Å². The molecule has 0 saturated heterocycles. The van der Waals surface area contributed by atoms with Gasteiger partial charge in [0.25, 0.3) is 0 Å². The first-order valence-electron chi connectivity index (χ1n) is 7.46. The second-order valence-electron chi connectivity index (χ2n) is 5.53. The van der Waals surface area contributed by atoms with Crippen LogP contribution in [0, 0.1) is 13.8 Å². The van der Waals surface area contributed by atoms with E-state index in [2.05, 4.69) is 10.2 Å². The van der Waals surface area contributed by atoms with Crippen molar-refractivity contribution in [2.45, 2.75) is 20.5 Å². The van der Waals surface area contributed by atoms with E-state index in [-0.39, 0.29) is 0 Å². The molecule has 0 atom stereocenters. The summed E-state index contributed by atoms with van der Waals surface area (Å²) in [6.45, 7) is 4.55. The highest BCUT2D eigenvalue weighted by Crippen LogP contribution is 2.30. The third-order valence-corrected chi connectivity index (χ3v) is 3.77. The molecular weight excluding hydrogens is 288 g/mol. The molecule has 0 unspecified atom stereocenters. The quantitative estimate of drug-likeness (QED) is 0.722. The van der Waals surface area contributed by atoms with Crippen LogP contribution in [-0.4, -0.2) is 16.5 Å². The number of rotatable bonds is 5. The molecule has 4 nitrogen and oxygen atoms in total. The van der Waals surface area contributed by atoms with Crippen molar-refractivity contribution in [2.75, 3.05) is 0 Å². The van der Waals surface area contributed by atoms with Crippen LogP contribution in [0.15, 0.2) is 48.7 Å². The molecule has 0 bridgehead atoms. The monoisotopic (exact) mass is 306 g/mol. The lowest BCUT2D eigenvalue weighted by Gasteiger charge is -2.14. The Hall–Kier alpha value is -2.88. The minimum absolute atomic E-state index is 0.533. The van der Waals surface area contributed by atoms with Crippen LogP contribution in [0.3, 0.4) is 0 Å². The van der Waals surface area contributed by atoms with Crippen molar-refractivity contribution in [3.05, 3.63) is 70.9 Å². The van der Waals surface area contributed by atoms with Crippen molar-refractivity contribution in [2.24, 2.45) is 0 Å². The number of carbonyl (C=O) groups is 1. The Morgan fingerprint density at radius 2 is 1.83 bits per heavy atom. The lowest BCUT2D eigenvalue weighted by atomic mass is 10.0. The number of hydrogen-bond donors (Lipinski definition) is 1. The molecule has 0 saturated carbocycles. The molecule has 3 aromatic rings. The average Bonchev–Trinajstić information content (AvgIpc) is 3.03. The topological polar surface area (TPSA) is 55.0 Å². The maximum absolute atomic E-state index is 11.1. The van der Waals surface area contributed by atoms with Gasteiger partial charge in [-0.1, -0.05) is 30.3 Å². The molecule has 1 aromatic heterocycles. The zero-order valence-electron chi connectivity index (χ0n) is 13.2. The zero-order chi connectivity index (χ0) is 16.2. The summed E-state index contributed by atoms with van der Waals surface area (Å²) in [5.74, 6) is 0.879. The minimum atomic E-state index is 0.533. The van der Waals surface area contributed by atoms with E-state index in [4.69, 9.17) is 4.74 Å². The number of nitrogens with zero attached hydrogens (tertiary/aromatic N) is 1. The fourth-order valence-corrected chi connectivity index (χ4v) is 2.67. The van der Waals surface area contributed by atoms with Gasteiger partial charge in [0, 0.05) is 5.56 Å². The van der Waals surface area contributed by atoms with Crippen molar-refractivity contribution < 1.29 is 9.53 Å². The Morgan fingerprint density at radius 3 is 2.48 bits per heavy atom. The van der Waals surface area contributed by atoms with Gasteiger partial charge in [-0.05, 0) is 42.7 Å². The van der Waals surface area contributed by atoms with Crippen LogP contribution in [0.1, 0.15) is 27.0 Å². The number of aldehydes is 1. The van der Waals surface area contributed by atoms with Crippen molar-refractivity contribution in [1.29, 1.82) is 0 Å². The molecule has 1 N–H and O–H groups in total. The lowest BCUT2D eigenvalue weighted by molar-refractivity contribution is 0.112. The molecule has 4 heteroatoms. The molecule has 0 aliphatic heterocycles. The highest BCUT2D eigenvalue weighted by Gasteiger charge is 2.12. The predicted octanol–water partition coefficient (Wildman–Crippen LogP) is 4.09. The number of aromatic nitrogens is 2. The third-order valence-electron chi connectivity index (χ3n) is 3.77. The van der Waals surface area contributed by atoms with Gasteiger partial charge in [-0.3, -0.25) is 9.89 Å². The molecule has 0 fully saturated rings. The summed E-state index contributed by atoms with van der Waals surface area (Å²) in [5, 5.41) is 6.82. The van der Waals surface area contributed by atoms with Crippen LogP contribution in [0.4, 0.5) is 0 Å². The van der Waals surface area contributed by atoms with E-state index in [1.165, 1.54) is 6.20 Å². The maximum Gasteiger partial charge on any atom is 0.153 e.